The number of thioether (sulfide) groups is 1. The van der Waals surface area contributed by atoms with Crippen LogP contribution < -0.4 is 19.7 Å². The quantitative estimate of drug-likeness (QED) is 0.0537. The van der Waals surface area contributed by atoms with Crippen LogP contribution in [0, 0.1) is 17.0 Å². The average Bonchev–Trinajstić information content (AvgIpc) is 3.19. The van der Waals surface area contributed by atoms with E-state index in [9.17, 15) is 28.1 Å². The highest BCUT2D eigenvalue weighted by molar-refractivity contribution is 7.99. The van der Waals surface area contributed by atoms with Crippen LogP contribution in [0.5, 0.6) is 5.75 Å². The van der Waals surface area contributed by atoms with E-state index in [1.807, 2.05) is 78.1 Å². The van der Waals surface area contributed by atoms with Gasteiger partial charge in [-0.05, 0) is 91.7 Å². The van der Waals surface area contributed by atoms with Crippen molar-refractivity contribution in [2.75, 3.05) is 55.3 Å². The topological polar surface area (TPSA) is 164 Å². The highest BCUT2D eigenvalue weighted by atomic mass is 32.2. The zero-order valence-corrected chi connectivity index (χ0v) is 31.9. The lowest BCUT2D eigenvalue weighted by Crippen LogP contribution is -2.48. The molecule has 1 aliphatic heterocycles. The van der Waals surface area contributed by atoms with E-state index in [1.165, 1.54) is 24.3 Å². The number of carbonyl (C=O) groups is 2. The molecule has 1 aliphatic rings. The van der Waals surface area contributed by atoms with Gasteiger partial charge in [-0.1, -0.05) is 24.3 Å². The number of benzene rings is 4. The van der Waals surface area contributed by atoms with Gasteiger partial charge in [0, 0.05) is 78.0 Å². The first-order valence-electron chi connectivity index (χ1n) is 17.6. The number of hydrogen-bond acceptors (Lipinski definition) is 11. The first-order valence-corrected chi connectivity index (χ1v) is 20.1. The number of amides is 2. The van der Waals surface area contributed by atoms with Crippen LogP contribution in [-0.2, 0) is 10.0 Å². The Hall–Kier alpha value is -5.93. The fourth-order valence-corrected chi connectivity index (χ4v) is 7.98. The Morgan fingerprint density at radius 1 is 0.909 bits per heavy atom. The van der Waals surface area contributed by atoms with Gasteiger partial charge < -0.3 is 19.9 Å². The molecule has 6 rings (SSSR count). The molecule has 2 amide bonds. The SMILES string of the molecule is CCOc1cncc(-c2ccc(C(=O)N3CCN(c4ccc(C(=O)NS(=O)(=O)c5ccc(NCCSc6ccccc6)c([N+](=O)[O-])c5)cc4)CC3)cc2C)c1. The van der Waals surface area contributed by atoms with Crippen molar-refractivity contribution in [2.45, 2.75) is 23.6 Å². The number of piperazine rings is 1. The molecule has 0 radical (unpaired) electrons. The maximum absolute atomic E-state index is 13.4. The third kappa shape index (κ3) is 9.60. The van der Waals surface area contributed by atoms with Crippen LogP contribution in [0.15, 0.2) is 119 Å². The summed E-state index contributed by atoms with van der Waals surface area (Å²) in [6.45, 7) is 6.95. The van der Waals surface area contributed by atoms with E-state index in [2.05, 4.69) is 15.2 Å². The third-order valence-corrected chi connectivity index (χ3v) is 11.3. The molecule has 0 atom stereocenters. The Bertz CT molecular complexity index is 2280. The van der Waals surface area contributed by atoms with E-state index in [0.29, 0.717) is 56.4 Å². The maximum atomic E-state index is 13.4. The van der Waals surface area contributed by atoms with Crippen molar-refractivity contribution in [1.29, 1.82) is 0 Å². The second-order valence-electron chi connectivity index (χ2n) is 12.7. The summed E-state index contributed by atoms with van der Waals surface area (Å²) in [6.07, 6.45) is 3.44. The van der Waals surface area contributed by atoms with Crippen LogP contribution >= 0.6 is 11.8 Å². The highest BCUT2D eigenvalue weighted by Gasteiger charge is 2.26. The molecular formula is C40H40N6O7S2. The Balaban J connectivity index is 1.02. The molecule has 0 bridgehead atoms. The number of nitrogens with one attached hydrogen (secondary N) is 2. The minimum absolute atomic E-state index is 0.0575. The number of nitrogens with zero attached hydrogens (tertiary/aromatic N) is 4. The fraction of sp³-hybridized carbons (Fsp3) is 0.225. The average molecular weight is 781 g/mol. The number of rotatable bonds is 14. The number of nitro groups is 1. The Morgan fingerprint density at radius 3 is 2.33 bits per heavy atom. The lowest BCUT2D eigenvalue weighted by atomic mass is 9.99. The van der Waals surface area contributed by atoms with Crippen LogP contribution in [0.2, 0.25) is 0 Å². The molecule has 0 spiro atoms. The number of sulfonamides is 1. The normalized spacial score (nSPS) is 12.9. The largest absolute Gasteiger partial charge is 0.492 e. The van der Waals surface area contributed by atoms with Crippen LogP contribution in [0.3, 0.4) is 0 Å². The summed E-state index contributed by atoms with van der Waals surface area (Å²) < 4.78 is 33.9. The smallest absolute Gasteiger partial charge is 0.293 e. The van der Waals surface area contributed by atoms with Gasteiger partial charge in [-0.2, -0.15) is 0 Å². The third-order valence-electron chi connectivity index (χ3n) is 9.00. The van der Waals surface area contributed by atoms with Gasteiger partial charge in [0.25, 0.3) is 27.5 Å². The van der Waals surface area contributed by atoms with Gasteiger partial charge in [0.2, 0.25) is 0 Å². The second kappa shape index (κ2) is 17.5. The van der Waals surface area contributed by atoms with Gasteiger partial charge in [0.1, 0.15) is 11.4 Å². The number of anilines is 2. The van der Waals surface area contributed by atoms with Gasteiger partial charge in [-0.3, -0.25) is 24.7 Å². The predicted octanol–water partition coefficient (Wildman–Crippen LogP) is 6.65. The first kappa shape index (κ1) is 38.8. The van der Waals surface area contributed by atoms with Gasteiger partial charge in [0.15, 0.2) is 0 Å². The van der Waals surface area contributed by atoms with Crippen LogP contribution in [-0.4, -0.2) is 80.1 Å². The van der Waals surface area contributed by atoms with Crippen LogP contribution in [0.1, 0.15) is 33.2 Å². The molecular weight excluding hydrogens is 741 g/mol. The Morgan fingerprint density at radius 2 is 1.64 bits per heavy atom. The van der Waals surface area contributed by atoms with Gasteiger partial charge in [-0.15, -0.1) is 11.8 Å². The first-order chi connectivity index (χ1) is 26.5. The molecule has 0 aliphatic carbocycles. The minimum Gasteiger partial charge on any atom is -0.492 e. The lowest BCUT2D eigenvalue weighted by Gasteiger charge is -2.36. The van der Waals surface area contributed by atoms with Gasteiger partial charge in [-0.25, -0.2) is 13.1 Å². The number of aryl methyl sites for hydroxylation is 1. The van der Waals surface area contributed by atoms with Crippen molar-refractivity contribution in [3.8, 4) is 16.9 Å². The summed E-state index contributed by atoms with van der Waals surface area (Å²) in [5.74, 6) is 0.391. The minimum atomic E-state index is -4.42. The Labute approximate surface area is 323 Å². The van der Waals surface area contributed by atoms with Crippen molar-refractivity contribution in [3.05, 3.63) is 136 Å². The van der Waals surface area contributed by atoms with Gasteiger partial charge in [0.05, 0.1) is 22.6 Å². The fourth-order valence-electron chi connectivity index (χ4n) is 6.20. The zero-order valence-electron chi connectivity index (χ0n) is 30.3. The molecule has 2 N–H and O–H groups in total. The number of hydrogen-bond donors (Lipinski definition) is 2. The van der Waals surface area contributed by atoms with Crippen molar-refractivity contribution in [1.82, 2.24) is 14.6 Å². The van der Waals surface area contributed by atoms with E-state index < -0.39 is 31.4 Å². The van der Waals surface area contributed by atoms with Crippen LogP contribution in [0.25, 0.3) is 11.1 Å². The maximum Gasteiger partial charge on any atom is 0.293 e. The summed E-state index contributed by atoms with van der Waals surface area (Å²) >= 11 is 1.58. The van der Waals surface area contributed by atoms with Crippen molar-refractivity contribution in [2.24, 2.45) is 0 Å². The Kier molecular flexibility index (Phi) is 12.3. The molecule has 0 saturated carbocycles. The van der Waals surface area contributed by atoms with Crippen molar-refractivity contribution < 1.29 is 27.7 Å². The van der Waals surface area contributed by atoms with E-state index in [0.717, 1.165) is 33.3 Å². The summed E-state index contributed by atoms with van der Waals surface area (Å²) in [6, 6.07) is 27.2. The van der Waals surface area contributed by atoms with E-state index in [4.69, 9.17) is 4.74 Å². The molecule has 0 unspecified atom stereocenters. The summed E-state index contributed by atoms with van der Waals surface area (Å²) in [7, 11) is -4.42. The van der Waals surface area contributed by atoms with Crippen molar-refractivity contribution >= 4 is 50.7 Å². The van der Waals surface area contributed by atoms with Crippen LogP contribution in [0.4, 0.5) is 17.1 Å². The zero-order chi connectivity index (χ0) is 39.0. The van der Waals surface area contributed by atoms with Gasteiger partial charge >= 0.3 is 0 Å². The van der Waals surface area contributed by atoms with E-state index in [1.54, 1.807) is 36.3 Å². The number of pyridine rings is 1. The summed E-state index contributed by atoms with van der Waals surface area (Å²) in [5, 5.41) is 14.8. The number of nitro benzene ring substituents is 1. The molecule has 5 aromatic rings. The second-order valence-corrected chi connectivity index (χ2v) is 15.5. The summed E-state index contributed by atoms with van der Waals surface area (Å²) in [5.41, 5.74) is 4.11. The predicted molar refractivity (Wildman–Crippen MR) is 214 cm³/mol. The molecule has 55 heavy (non-hydrogen) atoms. The summed E-state index contributed by atoms with van der Waals surface area (Å²) in [4.78, 5) is 46.4. The molecule has 4 aromatic carbocycles. The standard InChI is InChI=1S/C40H40N6O7S2/c1-3-53-33-24-31(26-41-27-33)36-15-11-30(23-28(36)2)40(48)45-20-18-44(19-21-45)32-12-9-29(10-13-32)39(47)43-55(51,52)35-14-16-37(38(25-35)46(49)50)42-17-22-54-34-7-5-4-6-8-34/h4-16,23-27,42H,3,17-22H2,1-2H3,(H,43,47). The molecule has 15 heteroatoms. The molecule has 1 fully saturated rings. The number of ether oxygens (including phenoxy) is 1. The van der Waals surface area contributed by atoms with E-state index in [-0.39, 0.29) is 17.2 Å². The molecule has 13 nitrogen and oxygen atoms in total. The molecule has 1 aromatic heterocycles. The van der Waals surface area contributed by atoms with E-state index >= 15 is 0 Å². The molecule has 284 valence electrons. The monoisotopic (exact) mass is 780 g/mol. The number of carbonyl (C=O) groups excluding carboxylic acids is 2. The number of aromatic nitrogens is 1. The van der Waals surface area contributed by atoms with Crippen molar-refractivity contribution in [3.63, 3.8) is 0 Å². The molecule has 2 heterocycles. The highest BCUT2D eigenvalue weighted by Crippen LogP contribution is 2.29. The molecule has 1 saturated heterocycles. The lowest BCUT2D eigenvalue weighted by molar-refractivity contribution is -0.384.